The molecule has 1 heterocycles. The summed E-state index contributed by atoms with van der Waals surface area (Å²) in [7, 11) is 0. The van der Waals surface area contributed by atoms with Crippen LogP contribution in [-0.2, 0) is 0 Å². The maximum Gasteiger partial charge on any atom is 0.174 e. The Kier molecular flexibility index (Phi) is 3.62. The van der Waals surface area contributed by atoms with Crippen molar-refractivity contribution in [2.24, 2.45) is 0 Å². The fourth-order valence-corrected chi connectivity index (χ4v) is 2.83. The minimum absolute atomic E-state index is 0.370. The van der Waals surface area contributed by atoms with Crippen molar-refractivity contribution >= 4 is 62.5 Å². The van der Waals surface area contributed by atoms with Crippen LogP contribution in [0.1, 0.15) is 0 Å². The van der Waals surface area contributed by atoms with Gasteiger partial charge < -0.3 is 11.1 Å². The second-order valence-corrected chi connectivity index (χ2v) is 5.79. The maximum atomic E-state index is 5.95. The fraction of sp³-hybridized carbons (Fsp3) is 0. The number of halogens is 2. The van der Waals surface area contributed by atoms with Gasteiger partial charge in [0.2, 0.25) is 0 Å². The van der Waals surface area contributed by atoms with Gasteiger partial charge in [0.25, 0.3) is 0 Å². The lowest BCUT2D eigenvalue weighted by atomic mass is 10.3. The van der Waals surface area contributed by atoms with Gasteiger partial charge in [-0.05, 0) is 52.9 Å². The Balaban J connectivity index is 2.03. The van der Waals surface area contributed by atoms with Crippen molar-refractivity contribution in [3.8, 4) is 0 Å². The molecule has 0 spiro atoms. The van der Waals surface area contributed by atoms with Crippen LogP contribution in [0.25, 0.3) is 11.0 Å². The lowest BCUT2D eigenvalue weighted by Gasteiger charge is -2.10. The SMILES string of the molecule is Nc1nc2ccccc2nc1Nc1ccc(Cl)cc1I. The second-order valence-electron chi connectivity index (χ2n) is 4.20. The molecule has 0 saturated carbocycles. The van der Waals surface area contributed by atoms with Crippen molar-refractivity contribution < 1.29 is 0 Å². The van der Waals surface area contributed by atoms with Crippen LogP contribution >= 0.6 is 34.2 Å². The highest BCUT2D eigenvalue weighted by atomic mass is 127. The Morgan fingerprint density at radius 3 is 2.45 bits per heavy atom. The van der Waals surface area contributed by atoms with Crippen LogP contribution in [-0.4, -0.2) is 9.97 Å². The highest BCUT2D eigenvalue weighted by molar-refractivity contribution is 14.1. The highest BCUT2D eigenvalue weighted by Gasteiger charge is 2.08. The molecule has 0 aliphatic carbocycles. The topological polar surface area (TPSA) is 63.8 Å². The normalized spacial score (nSPS) is 10.7. The number of fused-ring (bicyclic) bond motifs is 1. The molecular weight excluding hydrogens is 387 g/mol. The van der Waals surface area contributed by atoms with E-state index in [-0.39, 0.29) is 0 Å². The summed E-state index contributed by atoms with van der Waals surface area (Å²) >= 11 is 8.15. The van der Waals surface area contributed by atoms with Gasteiger partial charge >= 0.3 is 0 Å². The standard InChI is InChI=1S/C14H10ClIN4/c15-8-5-6-10(9(16)7-8)19-14-13(17)18-11-3-1-2-4-12(11)20-14/h1-7H,(H2,17,18)(H,19,20). The quantitative estimate of drug-likeness (QED) is 0.637. The summed E-state index contributed by atoms with van der Waals surface area (Å²) in [5.41, 5.74) is 8.42. The molecule has 0 aliphatic rings. The zero-order valence-electron chi connectivity index (χ0n) is 10.3. The van der Waals surface area contributed by atoms with E-state index in [9.17, 15) is 0 Å². The summed E-state index contributed by atoms with van der Waals surface area (Å²) in [6.07, 6.45) is 0. The first kappa shape index (κ1) is 13.4. The van der Waals surface area contributed by atoms with Crippen molar-refractivity contribution in [2.75, 3.05) is 11.1 Å². The summed E-state index contributed by atoms with van der Waals surface area (Å²) in [5.74, 6) is 0.915. The summed E-state index contributed by atoms with van der Waals surface area (Å²) in [6.45, 7) is 0. The molecular formula is C14H10ClIN4. The number of nitrogens with two attached hydrogens (primary N) is 1. The van der Waals surface area contributed by atoms with Gasteiger partial charge in [0.1, 0.15) is 0 Å². The Hall–Kier alpha value is -1.60. The van der Waals surface area contributed by atoms with Crippen molar-refractivity contribution in [2.45, 2.75) is 0 Å². The first-order chi connectivity index (χ1) is 9.63. The Morgan fingerprint density at radius 1 is 1.05 bits per heavy atom. The van der Waals surface area contributed by atoms with Crippen LogP contribution in [0.5, 0.6) is 0 Å². The second kappa shape index (κ2) is 5.41. The van der Waals surface area contributed by atoms with E-state index in [1.165, 1.54) is 0 Å². The molecule has 3 rings (SSSR count). The smallest absolute Gasteiger partial charge is 0.174 e. The number of para-hydroxylation sites is 2. The zero-order chi connectivity index (χ0) is 14.1. The number of nitrogens with zero attached hydrogens (tertiary/aromatic N) is 2. The molecule has 0 bridgehead atoms. The zero-order valence-corrected chi connectivity index (χ0v) is 13.2. The predicted octanol–water partition coefficient (Wildman–Crippen LogP) is 4.21. The molecule has 0 fully saturated rings. The van der Waals surface area contributed by atoms with E-state index in [0.717, 1.165) is 20.3 Å². The third-order valence-corrected chi connectivity index (χ3v) is 3.91. The lowest BCUT2D eigenvalue weighted by Crippen LogP contribution is -2.03. The van der Waals surface area contributed by atoms with Gasteiger partial charge in [-0.1, -0.05) is 23.7 Å². The minimum atomic E-state index is 0.370. The first-order valence-corrected chi connectivity index (χ1v) is 7.33. The Morgan fingerprint density at radius 2 is 1.75 bits per heavy atom. The average Bonchev–Trinajstić information content (AvgIpc) is 2.42. The molecule has 0 atom stereocenters. The van der Waals surface area contributed by atoms with Crippen LogP contribution in [0, 0.1) is 3.57 Å². The lowest BCUT2D eigenvalue weighted by molar-refractivity contribution is 1.28. The largest absolute Gasteiger partial charge is 0.381 e. The molecule has 20 heavy (non-hydrogen) atoms. The van der Waals surface area contributed by atoms with E-state index in [0.29, 0.717) is 16.7 Å². The molecule has 0 radical (unpaired) electrons. The Labute approximate surface area is 134 Å². The number of hydrogen-bond donors (Lipinski definition) is 2. The number of benzene rings is 2. The third-order valence-electron chi connectivity index (χ3n) is 2.78. The molecule has 0 aliphatic heterocycles. The maximum absolute atomic E-state index is 5.95. The molecule has 4 nitrogen and oxygen atoms in total. The molecule has 0 unspecified atom stereocenters. The molecule has 6 heteroatoms. The summed E-state index contributed by atoms with van der Waals surface area (Å²) in [6, 6.07) is 13.2. The van der Waals surface area contributed by atoms with E-state index in [1.807, 2.05) is 42.5 Å². The van der Waals surface area contributed by atoms with E-state index >= 15 is 0 Å². The predicted molar refractivity (Wildman–Crippen MR) is 91.4 cm³/mol. The van der Waals surface area contributed by atoms with Crippen LogP contribution in [0.3, 0.4) is 0 Å². The molecule has 0 amide bonds. The Bertz CT molecular complexity index is 791. The molecule has 3 aromatic rings. The number of rotatable bonds is 2. The van der Waals surface area contributed by atoms with Gasteiger partial charge in [0.15, 0.2) is 11.6 Å². The van der Waals surface area contributed by atoms with Gasteiger partial charge in [-0.3, -0.25) is 0 Å². The third kappa shape index (κ3) is 2.64. The van der Waals surface area contributed by atoms with Crippen molar-refractivity contribution in [3.63, 3.8) is 0 Å². The van der Waals surface area contributed by atoms with Gasteiger partial charge in [-0.25, -0.2) is 9.97 Å². The summed E-state index contributed by atoms with van der Waals surface area (Å²) in [5, 5.41) is 3.89. The average molecular weight is 397 g/mol. The van der Waals surface area contributed by atoms with Gasteiger partial charge in [-0.15, -0.1) is 0 Å². The van der Waals surface area contributed by atoms with Crippen LogP contribution in [0.15, 0.2) is 42.5 Å². The van der Waals surface area contributed by atoms with Crippen molar-refractivity contribution in [3.05, 3.63) is 51.1 Å². The van der Waals surface area contributed by atoms with Crippen LogP contribution in [0.4, 0.5) is 17.3 Å². The van der Waals surface area contributed by atoms with Crippen molar-refractivity contribution in [1.29, 1.82) is 0 Å². The first-order valence-electron chi connectivity index (χ1n) is 5.88. The van der Waals surface area contributed by atoms with Crippen LogP contribution in [0.2, 0.25) is 5.02 Å². The van der Waals surface area contributed by atoms with Crippen LogP contribution < -0.4 is 11.1 Å². The molecule has 3 N–H and O–H groups in total. The minimum Gasteiger partial charge on any atom is -0.381 e. The number of nitrogens with one attached hydrogen (secondary N) is 1. The monoisotopic (exact) mass is 396 g/mol. The molecule has 2 aromatic carbocycles. The van der Waals surface area contributed by atoms with E-state index in [1.54, 1.807) is 0 Å². The van der Waals surface area contributed by atoms with E-state index in [2.05, 4.69) is 37.9 Å². The van der Waals surface area contributed by atoms with Gasteiger partial charge in [0, 0.05) is 8.59 Å². The molecule has 0 saturated heterocycles. The highest BCUT2D eigenvalue weighted by Crippen LogP contribution is 2.27. The number of anilines is 3. The number of aromatic nitrogens is 2. The van der Waals surface area contributed by atoms with E-state index < -0.39 is 0 Å². The molecule has 100 valence electrons. The summed E-state index contributed by atoms with van der Waals surface area (Å²) < 4.78 is 0.990. The van der Waals surface area contributed by atoms with E-state index in [4.69, 9.17) is 17.3 Å². The summed E-state index contributed by atoms with van der Waals surface area (Å²) in [4.78, 5) is 8.84. The van der Waals surface area contributed by atoms with Crippen molar-refractivity contribution in [1.82, 2.24) is 9.97 Å². The number of hydrogen-bond acceptors (Lipinski definition) is 4. The van der Waals surface area contributed by atoms with Gasteiger partial charge in [0.05, 0.1) is 16.7 Å². The fourth-order valence-electron chi connectivity index (χ4n) is 1.82. The number of nitrogen functional groups attached to an aromatic ring is 1. The van der Waals surface area contributed by atoms with Gasteiger partial charge in [-0.2, -0.15) is 0 Å². The molecule has 1 aromatic heterocycles.